The molecule has 5 heteroatoms. The maximum absolute atomic E-state index is 13.4. The van der Waals surface area contributed by atoms with Crippen LogP contribution in [0.4, 0.5) is 10.1 Å². The first-order valence-corrected chi connectivity index (χ1v) is 6.68. The lowest BCUT2D eigenvalue weighted by Crippen LogP contribution is -2.30. The average molecular weight is 279 g/mol. The summed E-state index contributed by atoms with van der Waals surface area (Å²) in [5.41, 5.74) is 0.864. The zero-order valence-corrected chi connectivity index (χ0v) is 11.5. The summed E-state index contributed by atoms with van der Waals surface area (Å²) >= 11 is 0. The van der Waals surface area contributed by atoms with Gasteiger partial charge in [-0.05, 0) is 43.4 Å². The Morgan fingerprint density at radius 3 is 2.55 bits per heavy atom. The summed E-state index contributed by atoms with van der Waals surface area (Å²) in [6, 6.07) is 4.45. The summed E-state index contributed by atoms with van der Waals surface area (Å²) in [5, 5.41) is 11.8. The molecular weight excluding hydrogens is 261 g/mol. The summed E-state index contributed by atoms with van der Waals surface area (Å²) in [4.78, 5) is 23.3. The van der Waals surface area contributed by atoms with Crippen LogP contribution in [0.2, 0.25) is 0 Å². The van der Waals surface area contributed by atoms with Crippen LogP contribution in [0.5, 0.6) is 0 Å². The molecule has 1 fully saturated rings. The van der Waals surface area contributed by atoms with E-state index < -0.39 is 23.6 Å². The van der Waals surface area contributed by atoms with Crippen LogP contribution < -0.4 is 5.32 Å². The number of aliphatic carboxylic acids is 1. The van der Waals surface area contributed by atoms with Crippen LogP contribution in [0.1, 0.15) is 25.3 Å². The molecule has 0 heterocycles. The van der Waals surface area contributed by atoms with Gasteiger partial charge in [-0.3, -0.25) is 9.59 Å². The third-order valence-corrected chi connectivity index (χ3v) is 3.89. The van der Waals surface area contributed by atoms with E-state index in [9.17, 15) is 14.0 Å². The van der Waals surface area contributed by atoms with E-state index in [1.165, 1.54) is 6.07 Å². The van der Waals surface area contributed by atoms with Crippen LogP contribution in [0.25, 0.3) is 0 Å². The number of carbonyl (C=O) groups excluding carboxylic acids is 1. The number of benzene rings is 1. The number of hydrogen-bond acceptors (Lipinski definition) is 2. The monoisotopic (exact) mass is 279 g/mol. The Morgan fingerprint density at radius 2 is 1.95 bits per heavy atom. The zero-order valence-electron chi connectivity index (χ0n) is 11.5. The molecular formula is C15H18FNO3. The van der Waals surface area contributed by atoms with Crippen LogP contribution in [0.15, 0.2) is 18.2 Å². The van der Waals surface area contributed by atoms with Gasteiger partial charge in [0.2, 0.25) is 5.91 Å². The van der Waals surface area contributed by atoms with Gasteiger partial charge in [-0.25, -0.2) is 4.39 Å². The predicted octanol–water partition coefficient (Wildman–Crippen LogP) is 2.82. The Labute approximate surface area is 117 Å². The minimum absolute atomic E-state index is 0.210. The number of halogens is 1. The van der Waals surface area contributed by atoms with Gasteiger partial charge in [0.05, 0.1) is 11.8 Å². The first-order chi connectivity index (χ1) is 9.38. The molecule has 1 saturated carbocycles. The molecule has 4 nitrogen and oxygen atoms in total. The van der Waals surface area contributed by atoms with Crippen molar-refractivity contribution in [2.24, 2.45) is 17.8 Å². The molecule has 1 aromatic rings. The number of hydrogen-bond donors (Lipinski definition) is 2. The molecule has 0 aliphatic heterocycles. The fourth-order valence-electron chi connectivity index (χ4n) is 2.76. The van der Waals surface area contributed by atoms with E-state index in [2.05, 4.69) is 5.32 Å². The van der Waals surface area contributed by atoms with Crippen LogP contribution >= 0.6 is 0 Å². The number of carboxylic acids is 1. The third kappa shape index (κ3) is 2.98. The lowest BCUT2D eigenvalue weighted by Gasteiger charge is -2.15. The lowest BCUT2D eigenvalue weighted by molar-refractivity contribution is -0.145. The summed E-state index contributed by atoms with van der Waals surface area (Å²) in [5.74, 6) is -2.67. The van der Waals surface area contributed by atoms with Crippen molar-refractivity contribution in [3.63, 3.8) is 0 Å². The molecule has 20 heavy (non-hydrogen) atoms. The Kier molecular flexibility index (Phi) is 4.06. The second-order valence-electron chi connectivity index (χ2n) is 5.58. The molecule has 1 aromatic carbocycles. The van der Waals surface area contributed by atoms with Crippen molar-refractivity contribution in [3.05, 3.63) is 29.6 Å². The van der Waals surface area contributed by atoms with Gasteiger partial charge in [-0.1, -0.05) is 13.0 Å². The second-order valence-corrected chi connectivity index (χ2v) is 5.58. The summed E-state index contributed by atoms with van der Waals surface area (Å²) in [7, 11) is 0. The molecule has 0 radical (unpaired) electrons. The van der Waals surface area contributed by atoms with E-state index in [0.717, 1.165) is 0 Å². The Morgan fingerprint density at radius 1 is 1.30 bits per heavy atom. The Hall–Kier alpha value is -1.91. The SMILES string of the molecule is Cc1ccc(NC(=O)[C@H]2CC(C)C[C@H]2C(=O)O)cc1F. The third-order valence-electron chi connectivity index (χ3n) is 3.89. The fourth-order valence-corrected chi connectivity index (χ4v) is 2.76. The van der Waals surface area contributed by atoms with Gasteiger partial charge >= 0.3 is 5.97 Å². The fraction of sp³-hybridized carbons (Fsp3) is 0.467. The highest BCUT2D eigenvalue weighted by Gasteiger charge is 2.41. The van der Waals surface area contributed by atoms with Crippen LogP contribution in [0.3, 0.4) is 0 Å². The topological polar surface area (TPSA) is 66.4 Å². The minimum atomic E-state index is -0.940. The van der Waals surface area contributed by atoms with E-state index in [1.54, 1.807) is 19.1 Å². The Balaban J connectivity index is 2.11. The number of rotatable bonds is 3. The van der Waals surface area contributed by atoms with Crippen molar-refractivity contribution in [1.29, 1.82) is 0 Å². The molecule has 1 unspecified atom stereocenters. The molecule has 2 N–H and O–H groups in total. The van der Waals surface area contributed by atoms with Gasteiger partial charge in [-0.2, -0.15) is 0 Å². The maximum atomic E-state index is 13.4. The predicted molar refractivity (Wildman–Crippen MR) is 72.8 cm³/mol. The molecule has 0 saturated heterocycles. The zero-order chi connectivity index (χ0) is 14.9. The summed E-state index contributed by atoms with van der Waals surface area (Å²) < 4.78 is 13.4. The molecule has 0 aromatic heterocycles. The van der Waals surface area contributed by atoms with Crippen molar-refractivity contribution in [2.75, 3.05) is 5.32 Å². The normalized spacial score (nSPS) is 25.4. The van der Waals surface area contributed by atoms with Crippen molar-refractivity contribution >= 4 is 17.6 Å². The second kappa shape index (κ2) is 5.61. The summed E-state index contributed by atoms with van der Waals surface area (Å²) in [6.45, 7) is 3.58. The van der Waals surface area contributed by atoms with Gasteiger partial charge in [0, 0.05) is 5.69 Å². The highest BCUT2D eigenvalue weighted by atomic mass is 19.1. The van der Waals surface area contributed by atoms with Crippen molar-refractivity contribution in [2.45, 2.75) is 26.7 Å². The Bertz CT molecular complexity index is 544. The van der Waals surface area contributed by atoms with E-state index in [1.807, 2.05) is 6.92 Å². The summed E-state index contributed by atoms with van der Waals surface area (Å²) in [6.07, 6.45) is 1.06. The van der Waals surface area contributed by atoms with Crippen molar-refractivity contribution < 1.29 is 19.1 Å². The van der Waals surface area contributed by atoms with Crippen molar-refractivity contribution in [1.82, 2.24) is 0 Å². The highest BCUT2D eigenvalue weighted by Crippen LogP contribution is 2.37. The molecule has 2 rings (SSSR count). The van der Waals surface area contributed by atoms with Crippen molar-refractivity contribution in [3.8, 4) is 0 Å². The largest absolute Gasteiger partial charge is 0.481 e. The van der Waals surface area contributed by atoms with E-state index >= 15 is 0 Å². The van der Waals surface area contributed by atoms with Gasteiger partial charge in [-0.15, -0.1) is 0 Å². The first-order valence-electron chi connectivity index (χ1n) is 6.68. The van der Waals surface area contributed by atoms with E-state index in [-0.39, 0.29) is 11.8 Å². The van der Waals surface area contributed by atoms with Crippen LogP contribution in [-0.4, -0.2) is 17.0 Å². The quantitative estimate of drug-likeness (QED) is 0.894. The van der Waals surface area contributed by atoms with Gasteiger partial charge in [0.1, 0.15) is 5.82 Å². The van der Waals surface area contributed by atoms with E-state index in [4.69, 9.17) is 5.11 Å². The highest BCUT2D eigenvalue weighted by molar-refractivity contribution is 5.95. The maximum Gasteiger partial charge on any atom is 0.307 e. The number of carbonyl (C=O) groups is 2. The number of nitrogens with one attached hydrogen (secondary N) is 1. The molecule has 3 atom stereocenters. The average Bonchev–Trinajstić information content (AvgIpc) is 2.76. The number of amides is 1. The molecule has 1 aliphatic carbocycles. The molecule has 108 valence electrons. The number of aryl methyl sites for hydroxylation is 1. The smallest absolute Gasteiger partial charge is 0.307 e. The minimum Gasteiger partial charge on any atom is -0.481 e. The first kappa shape index (κ1) is 14.5. The molecule has 0 bridgehead atoms. The lowest BCUT2D eigenvalue weighted by atomic mass is 9.95. The van der Waals surface area contributed by atoms with Crippen LogP contribution in [0, 0.1) is 30.5 Å². The van der Waals surface area contributed by atoms with Gasteiger partial charge in [0.15, 0.2) is 0 Å². The number of carboxylic acid groups (broad SMARTS) is 1. The molecule has 1 amide bonds. The van der Waals surface area contributed by atoms with Gasteiger partial charge in [0.25, 0.3) is 0 Å². The molecule has 0 spiro atoms. The number of anilines is 1. The van der Waals surface area contributed by atoms with Gasteiger partial charge < -0.3 is 10.4 Å². The van der Waals surface area contributed by atoms with Crippen LogP contribution in [-0.2, 0) is 9.59 Å². The van der Waals surface area contributed by atoms with E-state index in [0.29, 0.717) is 24.1 Å². The molecule has 1 aliphatic rings. The standard InChI is InChI=1S/C15H18FNO3/c1-8-5-11(12(6-8)15(19)20)14(18)17-10-4-3-9(2)13(16)7-10/h3-4,7-8,11-12H,5-6H2,1-2H3,(H,17,18)(H,19,20)/t8?,11-,12+/m0/s1.